The number of ether oxygens (including phenoxy) is 3. The molecule has 2 rings (SSSR count). The molecule has 152 valence electrons. The zero-order valence-corrected chi connectivity index (χ0v) is 18.9. The van der Waals surface area contributed by atoms with Crippen molar-refractivity contribution < 1.29 is 18.8 Å². The molecule has 9 atom stereocenters. The summed E-state index contributed by atoms with van der Waals surface area (Å²) in [5, 5.41) is 0. The van der Waals surface area contributed by atoms with Crippen LogP contribution in [0.3, 0.4) is 0 Å². The lowest BCUT2D eigenvalue weighted by Crippen LogP contribution is -2.31. The Balaban J connectivity index is 1.90. The van der Waals surface area contributed by atoms with Crippen LogP contribution < -0.4 is 0 Å². The SMILES string of the molecule is [B][C@@H]1O[C@H](C(C)C)C(C[P+](=O)/C=C\C[C@H]2O[C@@H](C)[C@@H](C)C2OC(C)C)[C@@H]1C. The Morgan fingerprint density at radius 3 is 2.37 bits per heavy atom. The lowest BCUT2D eigenvalue weighted by Gasteiger charge is -2.23. The summed E-state index contributed by atoms with van der Waals surface area (Å²) < 4.78 is 30.7. The van der Waals surface area contributed by atoms with Gasteiger partial charge >= 0.3 is 7.80 Å². The maximum absolute atomic E-state index is 12.7. The van der Waals surface area contributed by atoms with Crippen LogP contribution >= 0.6 is 7.80 Å². The molecule has 3 unspecified atom stereocenters. The number of hydrogen-bond acceptors (Lipinski definition) is 4. The molecule has 27 heavy (non-hydrogen) atoms. The van der Waals surface area contributed by atoms with Gasteiger partial charge in [-0.25, -0.2) is 0 Å². The Hall–Kier alpha value is -0.215. The molecule has 0 aromatic rings. The number of hydrogen-bond donors (Lipinski definition) is 0. The fraction of sp³-hybridized carbons (Fsp3) is 0.905. The Morgan fingerprint density at radius 1 is 1.11 bits per heavy atom. The summed E-state index contributed by atoms with van der Waals surface area (Å²) in [4.78, 5) is 0. The molecule has 2 aliphatic rings. The summed E-state index contributed by atoms with van der Waals surface area (Å²) in [7, 11) is 4.65. The molecule has 2 aliphatic heterocycles. The van der Waals surface area contributed by atoms with E-state index in [-0.39, 0.29) is 48.4 Å². The average molecular weight is 395 g/mol. The van der Waals surface area contributed by atoms with E-state index in [1.165, 1.54) is 0 Å². The van der Waals surface area contributed by atoms with Gasteiger partial charge in [0, 0.05) is 17.8 Å². The first-order chi connectivity index (χ1) is 12.6. The van der Waals surface area contributed by atoms with E-state index >= 15 is 0 Å². The Labute approximate surface area is 168 Å². The van der Waals surface area contributed by atoms with Gasteiger partial charge in [-0.2, -0.15) is 0 Å². The van der Waals surface area contributed by atoms with E-state index in [0.717, 1.165) is 6.42 Å². The Kier molecular flexibility index (Phi) is 8.55. The molecule has 2 radical (unpaired) electrons. The highest BCUT2D eigenvalue weighted by atomic mass is 31.1. The maximum Gasteiger partial charge on any atom is 0.369 e. The lowest BCUT2D eigenvalue weighted by molar-refractivity contribution is -0.0478. The van der Waals surface area contributed by atoms with Crippen LogP contribution in [0.5, 0.6) is 0 Å². The first-order valence-corrected chi connectivity index (χ1v) is 12.0. The van der Waals surface area contributed by atoms with Gasteiger partial charge in [0.2, 0.25) is 0 Å². The standard InChI is InChI=1S/C21H37BO4P/c1-12(2)19-17(15(6)21(22)26-19)11-27(23)10-8-9-18-20(24-13(3)4)14(5)16(7)25-18/h8,10,12-21H,9,11H2,1-7H3/q+1/b10-8-/t14-,15+,16+,17?,18-,19-,20?,21-/m1/s1. The van der Waals surface area contributed by atoms with E-state index in [1.54, 1.807) is 0 Å². The van der Waals surface area contributed by atoms with Gasteiger partial charge < -0.3 is 14.2 Å². The summed E-state index contributed by atoms with van der Waals surface area (Å²) >= 11 is 0. The number of rotatable bonds is 8. The highest BCUT2D eigenvalue weighted by molar-refractivity contribution is 7.48. The van der Waals surface area contributed by atoms with Crippen molar-refractivity contribution in [1.82, 2.24) is 0 Å². The third-order valence-corrected chi connectivity index (χ3v) is 7.39. The van der Waals surface area contributed by atoms with E-state index in [4.69, 9.17) is 22.1 Å². The molecule has 0 aromatic carbocycles. The largest absolute Gasteiger partial charge is 0.384 e. The molecule has 0 saturated carbocycles. The summed E-state index contributed by atoms with van der Waals surface area (Å²) in [6.07, 6.45) is 3.95. The van der Waals surface area contributed by atoms with Crippen molar-refractivity contribution in [3.63, 3.8) is 0 Å². The summed E-state index contributed by atoms with van der Waals surface area (Å²) in [5.74, 6) is 3.07. The zero-order valence-electron chi connectivity index (χ0n) is 18.0. The molecule has 0 N–H and O–H groups in total. The normalized spacial score (nSPS) is 40.6. The molecule has 2 saturated heterocycles. The smallest absolute Gasteiger partial charge is 0.369 e. The van der Waals surface area contributed by atoms with Gasteiger partial charge in [0.25, 0.3) is 0 Å². The third-order valence-electron chi connectivity index (χ3n) is 6.06. The zero-order chi connectivity index (χ0) is 20.3. The monoisotopic (exact) mass is 395 g/mol. The van der Waals surface area contributed by atoms with Crippen LogP contribution in [0.15, 0.2) is 11.9 Å². The molecule has 6 heteroatoms. The van der Waals surface area contributed by atoms with Crippen LogP contribution in [0.4, 0.5) is 0 Å². The van der Waals surface area contributed by atoms with Crippen LogP contribution in [0, 0.1) is 23.7 Å². The first-order valence-electron chi connectivity index (χ1n) is 10.4. The van der Waals surface area contributed by atoms with Crippen LogP contribution in [0.1, 0.15) is 54.9 Å². The van der Waals surface area contributed by atoms with Crippen LogP contribution in [-0.4, -0.2) is 50.5 Å². The van der Waals surface area contributed by atoms with Crippen molar-refractivity contribution in [2.45, 2.75) is 91.4 Å². The van der Waals surface area contributed by atoms with Crippen molar-refractivity contribution in [2.24, 2.45) is 23.7 Å². The predicted molar refractivity (Wildman–Crippen MR) is 112 cm³/mol. The minimum absolute atomic E-state index is 0.0302. The minimum atomic E-state index is -1.42. The molecule has 0 spiro atoms. The van der Waals surface area contributed by atoms with Crippen molar-refractivity contribution >= 4 is 15.6 Å². The fourth-order valence-electron chi connectivity index (χ4n) is 4.25. The molecule has 2 fully saturated rings. The molecule has 0 bridgehead atoms. The molecular weight excluding hydrogens is 358 g/mol. The van der Waals surface area contributed by atoms with Crippen LogP contribution in [-0.2, 0) is 18.8 Å². The quantitative estimate of drug-likeness (QED) is 0.440. The van der Waals surface area contributed by atoms with Gasteiger partial charge in [0.1, 0.15) is 7.85 Å². The molecule has 0 aromatic heterocycles. The van der Waals surface area contributed by atoms with E-state index in [1.807, 2.05) is 11.9 Å². The molecule has 2 heterocycles. The van der Waals surface area contributed by atoms with E-state index in [0.29, 0.717) is 18.0 Å². The average Bonchev–Trinajstić information content (AvgIpc) is 3.00. The van der Waals surface area contributed by atoms with Crippen LogP contribution in [0.25, 0.3) is 0 Å². The molecule has 0 aliphatic carbocycles. The van der Waals surface area contributed by atoms with Gasteiger partial charge in [0.15, 0.2) is 12.0 Å². The third kappa shape index (κ3) is 5.89. The second-order valence-electron chi connectivity index (χ2n) is 8.94. The van der Waals surface area contributed by atoms with Crippen molar-refractivity contribution in [2.75, 3.05) is 6.16 Å². The highest BCUT2D eigenvalue weighted by Crippen LogP contribution is 2.41. The van der Waals surface area contributed by atoms with E-state index < -0.39 is 7.80 Å². The maximum atomic E-state index is 12.7. The fourth-order valence-corrected chi connectivity index (χ4v) is 5.68. The second-order valence-corrected chi connectivity index (χ2v) is 10.4. The molecular formula is C21H37BO4P+. The van der Waals surface area contributed by atoms with Gasteiger partial charge in [-0.05, 0) is 45.1 Å². The summed E-state index contributed by atoms with van der Waals surface area (Å²) in [6, 6.07) is -0.251. The predicted octanol–water partition coefficient (Wildman–Crippen LogP) is 4.74. The van der Waals surface area contributed by atoms with E-state index in [2.05, 4.69) is 48.5 Å². The van der Waals surface area contributed by atoms with Gasteiger partial charge in [0.05, 0.1) is 30.5 Å². The minimum Gasteiger partial charge on any atom is -0.384 e. The van der Waals surface area contributed by atoms with Crippen molar-refractivity contribution in [3.8, 4) is 0 Å². The van der Waals surface area contributed by atoms with Gasteiger partial charge in [-0.3, -0.25) is 0 Å². The van der Waals surface area contributed by atoms with Crippen LogP contribution in [0.2, 0.25) is 0 Å². The van der Waals surface area contributed by atoms with E-state index in [9.17, 15) is 4.57 Å². The Bertz CT molecular complexity index is 524. The molecule has 4 nitrogen and oxygen atoms in total. The van der Waals surface area contributed by atoms with Gasteiger partial charge in [-0.1, -0.05) is 32.3 Å². The lowest BCUT2D eigenvalue weighted by atomic mass is 9.80. The summed E-state index contributed by atoms with van der Waals surface area (Å²) in [6.45, 7) is 14.8. The summed E-state index contributed by atoms with van der Waals surface area (Å²) in [5.41, 5.74) is 0. The van der Waals surface area contributed by atoms with Gasteiger partial charge in [-0.15, -0.1) is 0 Å². The second kappa shape index (κ2) is 10.0. The highest BCUT2D eigenvalue weighted by Gasteiger charge is 2.44. The topological polar surface area (TPSA) is 44.8 Å². The van der Waals surface area contributed by atoms with Crippen molar-refractivity contribution in [3.05, 3.63) is 11.9 Å². The van der Waals surface area contributed by atoms with Crippen molar-refractivity contribution in [1.29, 1.82) is 0 Å². The Morgan fingerprint density at radius 2 is 1.78 bits per heavy atom. The molecule has 0 amide bonds. The first kappa shape index (κ1) is 23.1.